The van der Waals surface area contributed by atoms with Crippen LogP contribution in [-0.4, -0.2) is 77.1 Å². The van der Waals surface area contributed by atoms with Crippen molar-refractivity contribution in [3.8, 4) is 5.75 Å². The number of carbonyl (C=O) groups is 3. The fourth-order valence-corrected chi connectivity index (χ4v) is 7.42. The fraction of sp³-hybridized carbons (Fsp3) is 0.439. The first-order valence-corrected chi connectivity index (χ1v) is 18.8. The number of carbonyl (C=O) groups excluding carboxylic acids is 2. The topological polar surface area (TPSA) is 99.2 Å². The molecule has 8 nitrogen and oxygen atoms in total. The summed E-state index contributed by atoms with van der Waals surface area (Å²) in [6.07, 6.45) is 5.30. The zero-order chi connectivity index (χ0) is 36.1. The molecule has 0 spiro atoms. The lowest BCUT2D eigenvalue weighted by atomic mass is 9.82. The molecule has 1 saturated heterocycles. The first-order valence-electron chi connectivity index (χ1n) is 18.0. The maximum Gasteiger partial charge on any atom is 0.309 e. The van der Waals surface area contributed by atoms with Gasteiger partial charge in [0, 0.05) is 49.8 Å². The molecule has 51 heavy (non-hydrogen) atoms. The number of aliphatic carboxylic acids is 1. The summed E-state index contributed by atoms with van der Waals surface area (Å²) in [6, 6.07) is 22.9. The summed E-state index contributed by atoms with van der Waals surface area (Å²) in [4.78, 5) is 43.7. The summed E-state index contributed by atoms with van der Waals surface area (Å²) in [5.74, 6) is -0.810. The molecule has 2 fully saturated rings. The first kappa shape index (κ1) is 36.8. The van der Waals surface area contributed by atoms with Gasteiger partial charge in [0.2, 0.25) is 5.91 Å². The van der Waals surface area contributed by atoms with Gasteiger partial charge in [-0.3, -0.25) is 14.4 Å². The Morgan fingerprint density at radius 3 is 2.43 bits per heavy atom. The first-order chi connectivity index (χ1) is 24.5. The van der Waals surface area contributed by atoms with Gasteiger partial charge >= 0.3 is 5.97 Å². The van der Waals surface area contributed by atoms with Crippen LogP contribution in [0.3, 0.4) is 0 Å². The zero-order valence-electron chi connectivity index (χ0n) is 29.4. The van der Waals surface area contributed by atoms with Gasteiger partial charge in [-0.25, -0.2) is 4.39 Å². The number of carboxylic acids is 1. The van der Waals surface area contributed by atoms with Crippen LogP contribution in [0.25, 0.3) is 5.57 Å². The van der Waals surface area contributed by atoms with E-state index >= 15 is 0 Å². The number of hydrogen-bond acceptors (Lipinski definition) is 5. The molecule has 2 atom stereocenters. The maximum atomic E-state index is 14.7. The lowest BCUT2D eigenvalue weighted by Crippen LogP contribution is -2.62. The van der Waals surface area contributed by atoms with Gasteiger partial charge < -0.3 is 25.0 Å². The normalized spacial score (nSPS) is 18.8. The van der Waals surface area contributed by atoms with Crippen LogP contribution >= 0.6 is 15.9 Å². The van der Waals surface area contributed by atoms with Crippen molar-refractivity contribution in [3.05, 3.63) is 105 Å². The van der Waals surface area contributed by atoms with E-state index in [1.165, 1.54) is 17.7 Å². The molecule has 2 heterocycles. The number of rotatable bonds is 15. The molecule has 0 unspecified atom stereocenters. The standard InChI is InChI=1S/C41H47BrFN3O5/c1-41(2,40(49)50)20-18-37(47)45-25-31-24-33(29-12-10-28(11-13-29)9-6-22-51-36-23-30(43)14-17-34(36)42)38(35(26-45)44-31)39(48)46(32-15-16-32)21-19-27-7-4-3-5-8-27/h3-5,7-8,10-14,17,23,31-32,35,44H,6,9,15-16,18-22,24-26H2,1-2H3,(H,49,50)/t31-,35-/m1/s1. The van der Waals surface area contributed by atoms with Gasteiger partial charge in [0.05, 0.1) is 22.5 Å². The van der Waals surface area contributed by atoms with E-state index in [0.717, 1.165) is 54.4 Å². The number of hydrogen-bond donors (Lipinski definition) is 2. The number of nitrogens with one attached hydrogen (secondary N) is 1. The van der Waals surface area contributed by atoms with Crippen molar-refractivity contribution in [2.24, 2.45) is 5.41 Å². The Balaban J connectivity index is 1.21. The van der Waals surface area contributed by atoms with Crippen molar-refractivity contribution in [1.29, 1.82) is 0 Å². The summed E-state index contributed by atoms with van der Waals surface area (Å²) in [5.41, 5.74) is 4.12. The average molecular weight is 761 g/mol. The SMILES string of the molecule is CC(C)(CCC(=O)N1C[C@H]2CC(c3ccc(CCCOc4cc(F)ccc4Br)cc3)=C(C(=O)N(CCc3ccccc3)C3CC3)[C@@H](C1)N2)C(=O)O. The molecule has 3 aliphatic rings. The number of halogens is 2. The summed E-state index contributed by atoms with van der Waals surface area (Å²) < 4.78 is 20.2. The van der Waals surface area contributed by atoms with Crippen LogP contribution < -0.4 is 10.1 Å². The summed E-state index contributed by atoms with van der Waals surface area (Å²) in [7, 11) is 0. The highest BCUT2D eigenvalue weighted by atomic mass is 79.9. The van der Waals surface area contributed by atoms with Crippen molar-refractivity contribution < 1.29 is 28.6 Å². The smallest absolute Gasteiger partial charge is 0.309 e. The molecule has 2 bridgehead atoms. The Kier molecular flexibility index (Phi) is 11.6. The fourth-order valence-electron chi connectivity index (χ4n) is 7.06. The molecule has 1 saturated carbocycles. The van der Waals surface area contributed by atoms with Gasteiger partial charge in [0.25, 0.3) is 5.91 Å². The van der Waals surface area contributed by atoms with Gasteiger partial charge in [-0.1, -0.05) is 54.6 Å². The van der Waals surface area contributed by atoms with Crippen molar-refractivity contribution >= 4 is 39.3 Å². The molecular formula is C41H47BrFN3O5. The highest BCUT2D eigenvalue weighted by Crippen LogP contribution is 2.37. The average Bonchev–Trinajstić information content (AvgIpc) is 3.96. The van der Waals surface area contributed by atoms with Gasteiger partial charge in [-0.2, -0.15) is 0 Å². The second-order valence-corrected chi connectivity index (χ2v) is 15.5. The predicted octanol–water partition coefficient (Wildman–Crippen LogP) is 7.05. The molecule has 0 radical (unpaired) electrons. The van der Waals surface area contributed by atoms with Crippen molar-refractivity contribution in [2.45, 2.75) is 83.3 Å². The van der Waals surface area contributed by atoms with Crippen molar-refractivity contribution in [2.75, 3.05) is 26.2 Å². The monoisotopic (exact) mass is 759 g/mol. The minimum Gasteiger partial charge on any atom is -0.492 e. The number of benzene rings is 3. The van der Waals surface area contributed by atoms with Gasteiger partial charge in [-0.15, -0.1) is 0 Å². The molecule has 2 aliphatic heterocycles. The van der Waals surface area contributed by atoms with E-state index in [1.807, 2.05) is 28.0 Å². The van der Waals surface area contributed by atoms with E-state index in [9.17, 15) is 23.9 Å². The van der Waals surface area contributed by atoms with Crippen LogP contribution in [0, 0.1) is 11.2 Å². The number of amides is 2. The van der Waals surface area contributed by atoms with E-state index in [0.29, 0.717) is 42.9 Å². The Morgan fingerprint density at radius 2 is 1.73 bits per heavy atom. The van der Waals surface area contributed by atoms with Crippen LogP contribution in [0.4, 0.5) is 4.39 Å². The van der Waals surface area contributed by atoms with Crippen molar-refractivity contribution in [1.82, 2.24) is 15.1 Å². The molecule has 3 aromatic carbocycles. The van der Waals surface area contributed by atoms with E-state index in [1.54, 1.807) is 19.9 Å². The zero-order valence-corrected chi connectivity index (χ0v) is 31.0. The lowest BCUT2D eigenvalue weighted by molar-refractivity contribution is -0.148. The Morgan fingerprint density at radius 1 is 1.00 bits per heavy atom. The molecule has 2 amide bonds. The van der Waals surface area contributed by atoms with Crippen LogP contribution in [-0.2, 0) is 27.2 Å². The van der Waals surface area contributed by atoms with E-state index in [4.69, 9.17) is 4.74 Å². The lowest BCUT2D eigenvalue weighted by Gasteiger charge is -2.45. The third kappa shape index (κ3) is 9.26. The number of piperazine rings is 1. The van der Waals surface area contributed by atoms with Crippen molar-refractivity contribution in [3.63, 3.8) is 0 Å². The summed E-state index contributed by atoms with van der Waals surface area (Å²) in [5, 5.41) is 13.3. The van der Waals surface area contributed by atoms with E-state index in [2.05, 4.69) is 57.6 Å². The molecule has 10 heteroatoms. The molecule has 6 rings (SSSR count). The highest BCUT2D eigenvalue weighted by molar-refractivity contribution is 9.10. The van der Waals surface area contributed by atoms with Crippen LogP contribution in [0.2, 0.25) is 0 Å². The third-order valence-electron chi connectivity index (χ3n) is 10.3. The molecule has 0 aromatic heterocycles. The molecule has 1 aliphatic carbocycles. The van der Waals surface area contributed by atoms with Crippen LogP contribution in [0.15, 0.2) is 82.8 Å². The Labute approximate surface area is 308 Å². The van der Waals surface area contributed by atoms with Gasteiger partial charge in [0.15, 0.2) is 0 Å². The number of ether oxygens (including phenoxy) is 1. The van der Waals surface area contributed by atoms with E-state index in [-0.39, 0.29) is 48.6 Å². The second-order valence-electron chi connectivity index (χ2n) is 14.7. The number of fused-ring (bicyclic) bond motifs is 2. The third-order valence-corrected chi connectivity index (χ3v) is 11.0. The maximum absolute atomic E-state index is 14.7. The minimum absolute atomic E-state index is 0.0237. The predicted molar refractivity (Wildman–Crippen MR) is 199 cm³/mol. The summed E-state index contributed by atoms with van der Waals surface area (Å²) in [6.45, 7) is 5.24. The van der Waals surface area contributed by atoms with E-state index < -0.39 is 11.4 Å². The molecule has 3 aromatic rings. The Bertz CT molecular complexity index is 1760. The molecule has 2 N–H and O–H groups in total. The summed E-state index contributed by atoms with van der Waals surface area (Å²) >= 11 is 3.41. The number of carboxylic acid groups (broad SMARTS) is 1. The molecular weight excluding hydrogens is 713 g/mol. The quantitative estimate of drug-likeness (QED) is 0.161. The second kappa shape index (κ2) is 16.1. The minimum atomic E-state index is -0.991. The van der Waals surface area contributed by atoms with Gasteiger partial charge in [0.1, 0.15) is 11.6 Å². The largest absolute Gasteiger partial charge is 0.492 e. The van der Waals surface area contributed by atoms with Crippen LogP contribution in [0.1, 0.15) is 69.1 Å². The number of nitrogens with zero attached hydrogens (tertiary/aromatic N) is 2. The Hall–Kier alpha value is -4.02. The highest BCUT2D eigenvalue weighted by Gasteiger charge is 2.43. The van der Waals surface area contributed by atoms with Gasteiger partial charge in [-0.05, 0) is 109 Å². The number of aryl methyl sites for hydroxylation is 1. The molecule has 270 valence electrons. The van der Waals surface area contributed by atoms with Crippen LogP contribution in [0.5, 0.6) is 5.75 Å².